The Labute approximate surface area is 349 Å². The normalized spacial score (nSPS) is 16.1. The first kappa shape index (κ1) is 45.5. The maximum absolute atomic E-state index is 12.4. The molecule has 0 radical (unpaired) electrons. The van der Waals surface area contributed by atoms with Gasteiger partial charge in [-0.15, -0.1) is 0 Å². The fourth-order valence-corrected chi connectivity index (χ4v) is 5.49. The van der Waals surface area contributed by atoms with Crippen LogP contribution in [0.5, 0.6) is 0 Å². The van der Waals surface area contributed by atoms with Crippen molar-refractivity contribution in [1.29, 1.82) is 0 Å². The van der Waals surface area contributed by atoms with Crippen LogP contribution in [0.25, 0.3) is 0 Å². The molecule has 270 valence electrons. The molecule has 6 rings (SSSR count). The standard InChI is InChI=1S/2C17H13N3O6.3Zn/c2*1-9-8-12(21)20(15(9)22)14-11(17(25)26)5-3-7-19(14)13-10(16(23)24)4-2-6-18-13;;;/h2*2-6,8H,7H2,1H3,(H,23,24)(H,25,26);;;. The van der Waals surface area contributed by atoms with E-state index in [9.17, 15) is 58.8 Å². The van der Waals surface area contributed by atoms with Gasteiger partial charge in [0.05, 0.1) is 0 Å². The van der Waals surface area contributed by atoms with Crippen LogP contribution in [-0.4, -0.2) is 101 Å². The van der Waals surface area contributed by atoms with E-state index in [-0.39, 0.29) is 128 Å². The third-order valence-electron chi connectivity index (χ3n) is 7.77. The number of anilines is 2. The molecule has 2 aromatic rings. The van der Waals surface area contributed by atoms with Gasteiger partial charge in [-0.05, 0) is 50.3 Å². The van der Waals surface area contributed by atoms with Crippen LogP contribution < -0.4 is 9.80 Å². The number of amides is 4. The van der Waals surface area contributed by atoms with Gasteiger partial charge in [0, 0.05) is 107 Å². The van der Waals surface area contributed by atoms with Gasteiger partial charge in [-0.2, -0.15) is 0 Å². The molecule has 4 amide bonds. The van der Waals surface area contributed by atoms with Crippen molar-refractivity contribution in [2.75, 3.05) is 22.9 Å². The number of carbonyl (C=O) groups excluding carboxylic acids is 4. The predicted molar refractivity (Wildman–Crippen MR) is 176 cm³/mol. The van der Waals surface area contributed by atoms with Crippen LogP contribution in [0.4, 0.5) is 11.6 Å². The molecule has 4 aliphatic heterocycles. The number of aliphatic carboxylic acids is 2. The minimum absolute atomic E-state index is 0. The Bertz CT molecular complexity index is 2060. The van der Waals surface area contributed by atoms with Crippen LogP contribution in [0, 0.1) is 0 Å². The van der Waals surface area contributed by atoms with Gasteiger partial charge in [0.25, 0.3) is 23.6 Å². The molecule has 0 saturated carbocycles. The summed E-state index contributed by atoms with van der Waals surface area (Å²) in [5.74, 6) is -8.60. The molecule has 0 bridgehead atoms. The molecule has 0 aliphatic carbocycles. The van der Waals surface area contributed by atoms with Gasteiger partial charge in [-0.25, -0.2) is 38.9 Å². The van der Waals surface area contributed by atoms with Crippen LogP contribution in [0.15, 0.2) is 107 Å². The quantitative estimate of drug-likeness (QED) is 0.216. The number of imide groups is 2. The van der Waals surface area contributed by atoms with Gasteiger partial charge >= 0.3 is 23.9 Å². The van der Waals surface area contributed by atoms with E-state index in [1.54, 1.807) is 0 Å². The van der Waals surface area contributed by atoms with Crippen molar-refractivity contribution in [3.63, 3.8) is 0 Å². The monoisotopic (exact) mass is 902 g/mol. The maximum atomic E-state index is 12.4. The molecule has 4 aliphatic rings. The Morgan fingerprint density at radius 3 is 1.20 bits per heavy atom. The average Bonchev–Trinajstić information content (AvgIpc) is 3.52. The predicted octanol–water partition coefficient (Wildman–Crippen LogP) is 1.53. The molecular weight excluding hydrogens is 881 g/mol. The summed E-state index contributed by atoms with van der Waals surface area (Å²) >= 11 is 0. The summed E-state index contributed by atoms with van der Waals surface area (Å²) in [6.45, 7) is 2.96. The first-order chi connectivity index (χ1) is 24.6. The van der Waals surface area contributed by atoms with Crippen LogP contribution in [0.3, 0.4) is 0 Å². The molecule has 4 N–H and O–H groups in total. The second-order valence-electron chi connectivity index (χ2n) is 11.1. The minimum Gasteiger partial charge on any atom is -0.478 e. The number of hydrogen-bond donors (Lipinski definition) is 4. The van der Waals surface area contributed by atoms with E-state index in [2.05, 4.69) is 9.97 Å². The molecule has 0 unspecified atom stereocenters. The van der Waals surface area contributed by atoms with Gasteiger partial charge in [0.15, 0.2) is 0 Å². The average molecular weight is 907 g/mol. The zero-order valence-electron chi connectivity index (χ0n) is 29.2. The van der Waals surface area contributed by atoms with E-state index in [0.29, 0.717) is 0 Å². The largest absolute Gasteiger partial charge is 0.478 e. The molecule has 0 saturated heterocycles. The van der Waals surface area contributed by atoms with Crippen LogP contribution in [-0.2, 0) is 87.2 Å². The van der Waals surface area contributed by atoms with Gasteiger partial charge in [-0.3, -0.25) is 19.2 Å². The molecule has 21 heteroatoms. The van der Waals surface area contributed by atoms with Crippen LogP contribution in [0.2, 0.25) is 0 Å². The SMILES string of the molecule is CC1=CC(=O)N(C2=C(C(=O)O)C=CCN2c2ncccc2C(=O)O)C1=O.CC1=CC(=O)N(C2=C(C(=O)O)C=CCN2c2ncccc2C(=O)O)C1=O.[Zn].[Zn].[Zn]. The smallest absolute Gasteiger partial charge is 0.339 e. The number of rotatable bonds is 8. The van der Waals surface area contributed by atoms with Crippen molar-refractivity contribution in [2.24, 2.45) is 0 Å². The summed E-state index contributed by atoms with van der Waals surface area (Å²) in [5.41, 5.74) is -0.698. The molecule has 55 heavy (non-hydrogen) atoms. The summed E-state index contributed by atoms with van der Waals surface area (Å²) in [6, 6.07) is 5.45. The minimum atomic E-state index is -1.36. The third-order valence-corrected chi connectivity index (χ3v) is 7.77. The zero-order chi connectivity index (χ0) is 38.0. The van der Waals surface area contributed by atoms with Crippen LogP contribution in [0.1, 0.15) is 34.6 Å². The summed E-state index contributed by atoms with van der Waals surface area (Å²) in [7, 11) is 0. The fourth-order valence-electron chi connectivity index (χ4n) is 5.49. The fraction of sp³-hybridized carbons (Fsp3) is 0.118. The number of carboxylic acid groups (broad SMARTS) is 4. The molecule has 2 aromatic heterocycles. The number of carbonyl (C=O) groups is 8. The van der Waals surface area contributed by atoms with Crippen molar-refractivity contribution in [3.8, 4) is 0 Å². The van der Waals surface area contributed by atoms with E-state index in [0.717, 1.165) is 22.0 Å². The summed E-state index contributed by atoms with van der Waals surface area (Å²) in [5, 5.41) is 37.8. The first-order valence-electron chi connectivity index (χ1n) is 15.0. The van der Waals surface area contributed by atoms with Crippen molar-refractivity contribution in [2.45, 2.75) is 13.8 Å². The van der Waals surface area contributed by atoms with Crippen molar-refractivity contribution < 1.29 is 117 Å². The molecule has 18 nitrogen and oxygen atoms in total. The Balaban J connectivity index is 0.000000360. The maximum Gasteiger partial charge on any atom is 0.339 e. The molecule has 0 fully saturated rings. The van der Waals surface area contributed by atoms with Crippen LogP contribution >= 0.6 is 0 Å². The van der Waals surface area contributed by atoms with E-state index in [1.165, 1.54) is 84.6 Å². The molecule has 6 heterocycles. The number of aromatic carboxylic acids is 2. The Hall–Kier alpha value is -5.63. The van der Waals surface area contributed by atoms with Gasteiger partial charge in [0.1, 0.15) is 45.6 Å². The van der Waals surface area contributed by atoms with Gasteiger partial charge in [0.2, 0.25) is 0 Å². The zero-order valence-corrected chi connectivity index (χ0v) is 38.1. The number of carboxylic acids is 4. The van der Waals surface area contributed by atoms with E-state index >= 15 is 0 Å². The molecule has 0 aromatic carbocycles. The topological polar surface area (TPSA) is 256 Å². The van der Waals surface area contributed by atoms with Crippen molar-refractivity contribution in [1.82, 2.24) is 19.8 Å². The second-order valence-corrected chi connectivity index (χ2v) is 11.1. The Kier molecular flexibility index (Phi) is 15.4. The summed E-state index contributed by atoms with van der Waals surface area (Å²) in [4.78, 5) is 108. The summed E-state index contributed by atoms with van der Waals surface area (Å²) in [6.07, 6.45) is 10.4. The van der Waals surface area contributed by atoms with Gasteiger partial charge in [-0.1, -0.05) is 12.2 Å². The molecule has 0 atom stereocenters. The van der Waals surface area contributed by atoms with E-state index in [4.69, 9.17) is 0 Å². The summed E-state index contributed by atoms with van der Waals surface area (Å²) < 4.78 is 0. The van der Waals surface area contributed by atoms with E-state index in [1.807, 2.05) is 0 Å². The molecular formula is C34H26N6O12Zn3. The number of aromatic nitrogens is 2. The van der Waals surface area contributed by atoms with E-state index < -0.39 is 47.5 Å². The van der Waals surface area contributed by atoms with Crippen molar-refractivity contribution in [3.05, 3.63) is 118 Å². The Morgan fingerprint density at radius 1 is 0.582 bits per heavy atom. The van der Waals surface area contributed by atoms with Crippen molar-refractivity contribution >= 4 is 59.1 Å². The molecule has 0 spiro atoms. The number of pyridine rings is 2. The first-order valence-corrected chi connectivity index (χ1v) is 15.0. The third kappa shape index (κ3) is 8.86. The number of hydrogen-bond acceptors (Lipinski definition) is 12. The second kappa shape index (κ2) is 18.6. The number of nitrogens with zero attached hydrogens (tertiary/aromatic N) is 6. The Morgan fingerprint density at radius 2 is 0.927 bits per heavy atom. The van der Waals surface area contributed by atoms with Gasteiger partial charge < -0.3 is 30.2 Å².